The minimum atomic E-state index is -2.57. The van der Waals surface area contributed by atoms with E-state index in [1.54, 1.807) is 6.20 Å². The Morgan fingerprint density at radius 1 is 1.16 bits per heavy atom. The van der Waals surface area contributed by atoms with Gasteiger partial charge in [-0.2, -0.15) is 10.2 Å². The second-order valence-corrected chi connectivity index (χ2v) is 11.5. The Balaban J connectivity index is 0.00000336. The third kappa shape index (κ3) is 6.61. The highest BCUT2D eigenvalue weighted by Gasteiger charge is 2.34. The predicted octanol–water partition coefficient (Wildman–Crippen LogP) is 6.18. The molecule has 0 radical (unpaired) electrons. The number of pyridine rings is 1. The number of rotatable bonds is 9. The Morgan fingerprint density at radius 3 is 2.53 bits per heavy atom. The molecule has 2 aromatic rings. The molecule has 38 heavy (non-hydrogen) atoms. The Labute approximate surface area is 229 Å². The number of benzene rings is 1. The zero-order valence-electron chi connectivity index (χ0n) is 21.5. The van der Waals surface area contributed by atoms with Crippen LogP contribution in [0.5, 0.6) is 0 Å². The van der Waals surface area contributed by atoms with E-state index in [1.807, 2.05) is 24.1 Å². The van der Waals surface area contributed by atoms with E-state index in [0.717, 1.165) is 50.3 Å². The predicted molar refractivity (Wildman–Crippen MR) is 155 cm³/mol. The number of hydrogen-bond donors (Lipinski definition) is 0. The Hall–Kier alpha value is -2.78. The van der Waals surface area contributed by atoms with Crippen molar-refractivity contribution in [2.24, 2.45) is 10.2 Å². The largest absolute Gasteiger partial charge is 0.372 e. The second kappa shape index (κ2) is 12.4. The summed E-state index contributed by atoms with van der Waals surface area (Å²) < 4.78 is 28.2. The lowest BCUT2D eigenvalue weighted by Crippen LogP contribution is -2.60. The van der Waals surface area contributed by atoms with Crippen LogP contribution in [-0.4, -0.2) is 70.1 Å². The van der Waals surface area contributed by atoms with Crippen molar-refractivity contribution in [2.75, 3.05) is 30.5 Å². The zero-order valence-corrected chi connectivity index (χ0v) is 22.3. The van der Waals surface area contributed by atoms with Gasteiger partial charge in [0.25, 0.3) is 6.43 Å². The molecule has 0 atom stereocenters. The molecule has 1 aromatic carbocycles. The number of alkyl halides is 2. The molecule has 0 unspecified atom stereocenters. The highest BCUT2D eigenvalue weighted by molar-refractivity contribution is 8.01. The number of hydrogen-bond acceptors (Lipinski definition) is 7. The maximum absolute atomic E-state index is 12.9. The van der Waals surface area contributed by atoms with E-state index < -0.39 is 6.43 Å². The van der Waals surface area contributed by atoms with Gasteiger partial charge in [0.05, 0.1) is 18.0 Å². The van der Waals surface area contributed by atoms with E-state index >= 15 is 0 Å². The Morgan fingerprint density at radius 2 is 1.92 bits per heavy atom. The van der Waals surface area contributed by atoms with Crippen molar-refractivity contribution in [1.82, 2.24) is 14.8 Å². The van der Waals surface area contributed by atoms with E-state index in [9.17, 15) is 8.78 Å². The second-order valence-electron chi connectivity index (χ2n) is 10.2. The monoisotopic (exact) mass is 540 g/mol. The van der Waals surface area contributed by atoms with Gasteiger partial charge in [0.2, 0.25) is 0 Å². The third-order valence-corrected chi connectivity index (χ3v) is 8.69. The van der Waals surface area contributed by atoms with Crippen LogP contribution in [0.3, 0.4) is 0 Å². The maximum atomic E-state index is 12.9. The molecule has 6 nitrogen and oxygen atoms in total. The summed E-state index contributed by atoms with van der Waals surface area (Å²) in [6.07, 6.45) is 1.56. The molecule has 0 amide bonds. The van der Waals surface area contributed by atoms with Crippen LogP contribution in [-0.2, 0) is 6.54 Å². The highest BCUT2D eigenvalue weighted by Crippen LogP contribution is 2.34. The van der Waals surface area contributed by atoms with Crippen LogP contribution in [0.25, 0.3) is 0 Å². The Bertz CT molecular complexity index is 1170. The fourth-order valence-electron chi connectivity index (χ4n) is 4.98. The molecule has 0 spiro atoms. The molecule has 2 fully saturated rings. The quantitative estimate of drug-likeness (QED) is 0.356. The summed E-state index contributed by atoms with van der Waals surface area (Å²) in [7, 11) is 0. The molecule has 3 aliphatic heterocycles. The molecule has 0 aliphatic carbocycles. The first-order chi connectivity index (χ1) is 17.9. The number of likely N-dealkylation sites (tertiary alicyclic amines) is 2. The lowest BCUT2D eigenvalue weighted by atomic mass is 10.0. The van der Waals surface area contributed by atoms with Crippen molar-refractivity contribution in [3.8, 4) is 0 Å². The lowest BCUT2D eigenvalue weighted by molar-refractivity contribution is 0.0463. The van der Waals surface area contributed by atoms with Crippen LogP contribution in [0.2, 0.25) is 0 Å². The number of aryl methyl sites for hydroxylation is 1. The summed E-state index contributed by atoms with van der Waals surface area (Å²) in [5, 5.41) is 8.10. The van der Waals surface area contributed by atoms with Crippen molar-refractivity contribution in [3.63, 3.8) is 0 Å². The highest BCUT2D eigenvalue weighted by atomic mass is 32.2. The number of anilines is 1. The van der Waals surface area contributed by atoms with Gasteiger partial charge < -0.3 is 9.21 Å². The van der Waals surface area contributed by atoms with Crippen LogP contribution in [0.4, 0.5) is 14.5 Å². The molecule has 204 valence electrons. The molecule has 0 saturated carbocycles. The van der Waals surface area contributed by atoms with Crippen molar-refractivity contribution in [2.45, 2.75) is 64.8 Å². The third-order valence-electron chi connectivity index (χ3n) is 7.32. The summed E-state index contributed by atoms with van der Waals surface area (Å²) in [5.41, 5.74) is 5.59. The standard InChI is InChI=1S/C28H34F2N6S.CH4/c1-19(2)35-17-24(18-35)34-11-9-25(10-12-34)37-36(23-6-4-5-20(3)13-23)16-22-8-7-21(15-31-22)26-14-27(28(29)30)33-32-26;/h4-8,13,15,24-25,28H,1,9-12,14,16-18H2,2-3H3;1H4. The van der Waals surface area contributed by atoms with Crippen molar-refractivity contribution >= 4 is 29.1 Å². The van der Waals surface area contributed by atoms with E-state index in [2.05, 4.69) is 74.0 Å². The maximum Gasteiger partial charge on any atom is 0.278 e. The minimum Gasteiger partial charge on any atom is -0.372 e. The number of aromatic nitrogens is 1. The summed E-state index contributed by atoms with van der Waals surface area (Å²) in [6, 6.07) is 13.1. The SMILES string of the molecule is C.C=C(C)N1CC(N2CCC(SN(Cc3ccc(C4=NN=C(C(F)F)C4)cn3)c3cccc(C)c3)CC2)C1. The number of allylic oxidation sites excluding steroid dienone is 1. The average molecular weight is 541 g/mol. The van der Waals surface area contributed by atoms with Gasteiger partial charge in [-0.15, -0.1) is 0 Å². The first kappa shape index (κ1) is 28.2. The smallest absolute Gasteiger partial charge is 0.278 e. The summed E-state index contributed by atoms with van der Waals surface area (Å²) >= 11 is 1.92. The van der Waals surface area contributed by atoms with Gasteiger partial charge in [-0.3, -0.25) is 9.88 Å². The number of piperidine rings is 1. The van der Waals surface area contributed by atoms with Crippen molar-refractivity contribution in [1.29, 1.82) is 0 Å². The summed E-state index contributed by atoms with van der Waals surface area (Å²) in [4.78, 5) is 9.65. The Kier molecular flexibility index (Phi) is 9.20. The summed E-state index contributed by atoms with van der Waals surface area (Å²) in [6.45, 7) is 13.4. The fourth-order valence-corrected chi connectivity index (χ4v) is 6.20. The van der Waals surface area contributed by atoms with Crippen molar-refractivity contribution < 1.29 is 8.78 Å². The lowest BCUT2D eigenvalue weighted by Gasteiger charge is -2.49. The fraction of sp³-hybridized carbons (Fsp3) is 0.483. The van der Waals surface area contributed by atoms with Gasteiger partial charge in [-0.1, -0.05) is 26.1 Å². The van der Waals surface area contributed by atoms with Gasteiger partial charge >= 0.3 is 0 Å². The van der Waals surface area contributed by atoms with E-state index in [1.165, 1.54) is 16.9 Å². The van der Waals surface area contributed by atoms with Crippen LogP contribution in [0, 0.1) is 6.92 Å². The van der Waals surface area contributed by atoms with Crippen molar-refractivity contribution in [3.05, 3.63) is 71.7 Å². The van der Waals surface area contributed by atoms with Gasteiger partial charge in [-0.25, -0.2) is 8.78 Å². The molecule has 9 heteroatoms. The van der Waals surface area contributed by atoms with E-state index in [0.29, 0.717) is 23.5 Å². The first-order valence-electron chi connectivity index (χ1n) is 12.9. The number of nitrogens with zero attached hydrogens (tertiary/aromatic N) is 6. The molecule has 1 aromatic heterocycles. The normalized spacial score (nSPS) is 18.6. The molecule has 3 aliphatic rings. The van der Waals surface area contributed by atoms with Gasteiger partial charge in [0.15, 0.2) is 0 Å². The minimum absolute atomic E-state index is 0. The van der Waals surface area contributed by atoms with Gasteiger partial charge in [0, 0.05) is 53.9 Å². The van der Waals surface area contributed by atoms with Crippen LogP contribution < -0.4 is 4.31 Å². The molecule has 0 N–H and O–H groups in total. The average Bonchev–Trinajstić information content (AvgIpc) is 3.35. The summed E-state index contributed by atoms with van der Waals surface area (Å²) in [5.74, 6) is 0. The van der Waals surface area contributed by atoms with Crippen LogP contribution in [0.15, 0.2) is 65.1 Å². The van der Waals surface area contributed by atoms with Gasteiger partial charge in [0.1, 0.15) is 5.71 Å². The first-order valence-corrected chi connectivity index (χ1v) is 13.7. The molecule has 0 bridgehead atoms. The van der Waals surface area contributed by atoms with Gasteiger partial charge in [-0.05, 0) is 81.6 Å². The zero-order chi connectivity index (χ0) is 25.9. The van der Waals surface area contributed by atoms with Crippen LogP contribution >= 0.6 is 11.9 Å². The molecule has 4 heterocycles. The van der Waals surface area contributed by atoms with E-state index in [-0.39, 0.29) is 19.6 Å². The topological polar surface area (TPSA) is 47.3 Å². The molecular formula is C29H38F2N6S. The molecule has 2 saturated heterocycles. The number of halogens is 2. The van der Waals surface area contributed by atoms with E-state index in [4.69, 9.17) is 0 Å². The molecular weight excluding hydrogens is 502 g/mol. The van der Waals surface area contributed by atoms with Crippen LogP contribution in [0.1, 0.15) is 50.4 Å². The molecule has 5 rings (SSSR count).